The van der Waals surface area contributed by atoms with Crippen molar-refractivity contribution in [2.45, 2.75) is 38.6 Å². The second-order valence-electron chi connectivity index (χ2n) is 6.99. The van der Waals surface area contributed by atoms with E-state index in [4.69, 9.17) is 4.74 Å². The van der Waals surface area contributed by atoms with Gasteiger partial charge in [-0.25, -0.2) is 14.8 Å². The van der Waals surface area contributed by atoms with Gasteiger partial charge in [0.25, 0.3) is 0 Å². The summed E-state index contributed by atoms with van der Waals surface area (Å²) in [5.41, 5.74) is 1.71. The number of carbonyl (C=O) groups excluding carboxylic acids is 1. The van der Waals surface area contributed by atoms with E-state index < -0.39 is 0 Å². The van der Waals surface area contributed by atoms with Crippen LogP contribution in [0.5, 0.6) is 11.8 Å². The first-order valence-electron chi connectivity index (χ1n) is 8.80. The number of aryl methyl sites for hydroxylation is 1. The summed E-state index contributed by atoms with van der Waals surface area (Å²) in [5, 5.41) is 6.09. The molecule has 2 aliphatic carbocycles. The van der Waals surface area contributed by atoms with Gasteiger partial charge in [0.1, 0.15) is 5.75 Å². The van der Waals surface area contributed by atoms with Crippen LogP contribution in [0.2, 0.25) is 0 Å². The highest BCUT2D eigenvalue weighted by atomic mass is 16.5. The Bertz CT molecular complexity index is 765. The fraction of sp³-hybridized carbons (Fsp3) is 0.421. The zero-order valence-corrected chi connectivity index (χ0v) is 14.2. The van der Waals surface area contributed by atoms with Crippen LogP contribution in [0.15, 0.2) is 36.7 Å². The van der Waals surface area contributed by atoms with Crippen LogP contribution in [-0.2, 0) is 0 Å². The maximum atomic E-state index is 12.3. The molecule has 2 N–H and O–H groups in total. The van der Waals surface area contributed by atoms with Crippen LogP contribution in [-0.4, -0.2) is 22.0 Å². The molecule has 1 aromatic carbocycles. The molecule has 25 heavy (non-hydrogen) atoms. The first kappa shape index (κ1) is 15.9. The zero-order valence-electron chi connectivity index (χ0n) is 14.2. The first-order valence-corrected chi connectivity index (χ1v) is 8.80. The van der Waals surface area contributed by atoms with Crippen molar-refractivity contribution in [3.63, 3.8) is 0 Å². The number of aromatic nitrogens is 2. The van der Waals surface area contributed by atoms with E-state index in [9.17, 15) is 4.79 Å². The van der Waals surface area contributed by atoms with Crippen LogP contribution < -0.4 is 15.4 Å². The van der Waals surface area contributed by atoms with Gasteiger partial charge in [-0.15, -0.1) is 0 Å². The summed E-state index contributed by atoms with van der Waals surface area (Å²) in [6.07, 6.45) is 8.24. The molecule has 0 saturated heterocycles. The van der Waals surface area contributed by atoms with E-state index in [1.807, 2.05) is 19.1 Å². The second kappa shape index (κ2) is 6.70. The average molecular weight is 338 g/mol. The van der Waals surface area contributed by atoms with Crippen molar-refractivity contribution in [2.24, 2.45) is 11.8 Å². The number of benzene rings is 1. The number of anilines is 1. The van der Waals surface area contributed by atoms with E-state index in [1.54, 1.807) is 24.5 Å². The minimum Gasteiger partial charge on any atom is -0.424 e. The SMILES string of the molecule is Cc1cc(Oc2ncccn2)ccc1NC(=O)N[C@@H]1C[C@H]2CC[C@H]1C2. The third kappa shape index (κ3) is 3.57. The van der Waals surface area contributed by atoms with Gasteiger partial charge in [0.2, 0.25) is 0 Å². The molecule has 130 valence electrons. The third-order valence-electron chi connectivity index (χ3n) is 5.25. The molecule has 2 aromatic rings. The van der Waals surface area contributed by atoms with Crippen LogP contribution in [0.25, 0.3) is 0 Å². The van der Waals surface area contributed by atoms with Gasteiger partial charge in [-0.1, -0.05) is 6.42 Å². The Morgan fingerprint density at radius 3 is 2.72 bits per heavy atom. The molecule has 2 amide bonds. The number of nitrogens with zero attached hydrogens (tertiary/aromatic N) is 2. The lowest BCUT2D eigenvalue weighted by Crippen LogP contribution is -2.41. The van der Waals surface area contributed by atoms with Crippen molar-refractivity contribution < 1.29 is 9.53 Å². The summed E-state index contributed by atoms with van der Waals surface area (Å²) in [4.78, 5) is 20.4. The van der Waals surface area contributed by atoms with Crippen molar-refractivity contribution >= 4 is 11.7 Å². The predicted octanol–water partition coefficient (Wildman–Crippen LogP) is 3.89. The lowest BCUT2D eigenvalue weighted by Gasteiger charge is -2.23. The van der Waals surface area contributed by atoms with Gasteiger partial charge < -0.3 is 15.4 Å². The highest BCUT2D eigenvalue weighted by Gasteiger charge is 2.40. The van der Waals surface area contributed by atoms with Crippen molar-refractivity contribution in [1.82, 2.24) is 15.3 Å². The van der Waals surface area contributed by atoms with E-state index >= 15 is 0 Å². The number of hydrogen-bond donors (Lipinski definition) is 2. The van der Waals surface area contributed by atoms with Gasteiger partial charge >= 0.3 is 12.0 Å². The molecule has 6 nitrogen and oxygen atoms in total. The minimum atomic E-state index is -0.124. The number of carbonyl (C=O) groups is 1. The molecular weight excluding hydrogens is 316 g/mol. The number of fused-ring (bicyclic) bond motifs is 2. The van der Waals surface area contributed by atoms with Crippen molar-refractivity contribution in [2.75, 3.05) is 5.32 Å². The molecule has 0 spiro atoms. The average Bonchev–Trinajstić information content (AvgIpc) is 3.21. The highest BCUT2D eigenvalue weighted by molar-refractivity contribution is 5.90. The Hall–Kier alpha value is -2.63. The largest absolute Gasteiger partial charge is 0.424 e. The number of rotatable bonds is 4. The quantitative estimate of drug-likeness (QED) is 0.887. The molecule has 0 aliphatic heterocycles. The van der Waals surface area contributed by atoms with Gasteiger partial charge in [-0.3, -0.25) is 0 Å². The Morgan fingerprint density at radius 2 is 2.04 bits per heavy atom. The second-order valence-corrected chi connectivity index (χ2v) is 6.99. The smallest absolute Gasteiger partial charge is 0.321 e. The Labute approximate surface area is 147 Å². The summed E-state index contributed by atoms with van der Waals surface area (Å²) in [7, 11) is 0. The van der Waals surface area contributed by atoms with Crippen LogP contribution in [0.3, 0.4) is 0 Å². The summed E-state index contributed by atoms with van der Waals surface area (Å²) in [6, 6.07) is 7.75. The normalized spacial score (nSPS) is 24.1. The fourth-order valence-corrected chi connectivity index (χ4v) is 4.03. The molecule has 6 heteroatoms. The third-order valence-corrected chi connectivity index (χ3v) is 5.25. The standard InChI is InChI=1S/C19H22N4O2/c1-12-9-15(25-19-20-7-2-8-21-19)5-6-16(12)22-18(24)23-17-11-13-3-4-14(17)10-13/h2,5-9,13-14,17H,3-4,10-11H2,1H3,(H2,22,23,24)/t13-,14-,17+/m0/s1. The van der Waals surface area contributed by atoms with Gasteiger partial charge in [0.05, 0.1) is 0 Å². The number of hydrogen-bond acceptors (Lipinski definition) is 4. The van der Waals surface area contributed by atoms with E-state index in [0.29, 0.717) is 23.7 Å². The molecular formula is C19H22N4O2. The molecule has 2 saturated carbocycles. The lowest BCUT2D eigenvalue weighted by atomic mass is 9.95. The lowest BCUT2D eigenvalue weighted by molar-refractivity contribution is 0.242. The van der Waals surface area contributed by atoms with Crippen LogP contribution in [0.1, 0.15) is 31.2 Å². The summed E-state index contributed by atoms with van der Waals surface area (Å²) < 4.78 is 5.61. The van der Waals surface area contributed by atoms with Crippen LogP contribution in [0, 0.1) is 18.8 Å². The molecule has 1 aromatic heterocycles. The summed E-state index contributed by atoms with van der Waals surface area (Å²) in [6.45, 7) is 1.94. The van der Waals surface area contributed by atoms with E-state index in [1.165, 1.54) is 19.3 Å². The predicted molar refractivity (Wildman–Crippen MR) is 94.7 cm³/mol. The van der Waals surface area contributed by atoms with E-state index in [-0.39, 0.29) is 6.03 Å². The number of urea groups is 1. The monoisotopic (exact) mass is 338 g/mol. The topological polar surface area (TPSA) is 76.1 Å². The maximum absolute atomic E-state index is 12.3. The Kier molecular flexibility index (Phi) is 4.26. The molecule has 2 aliphatic rings. The Balaban J connectivity index is 1.36. The Morgan fingerprint density at radius 1 is 1.20 bits per heavy atom. The molecule has 0 unspecified atom stereocenters. The van der Waals surface area contributed by atoms with Crippen LogP contribution in [0.4, 0.5) is 10.5 Å². The molecule has 1 heterocycles. The molecule has 2 bridgehead atoms. The first-order chi connectivity index (χ1) is 12.2. The molecule has 2 fully saturated rings. The number of nitrogens with one attached hydrogen (secondary N) is 2. The number of amides is 2. The van der Waals surface area contributed by atoms with E-state index in [2.05, 4.69) is 20.6 Å². The van der Waals surface area contributed by atoms with E-state index in [0.717, 1.165) is 23.6 Å². The van der Waals surface area contributed by atoms with Crippen LogP contribution >= 0.6 is 0 Å². The van der Waals surface area contributed by atoms with Crippen molar-refractivity contribution in [1.29, 1.82) is 0 Å². The fourth-order valence-electron chi connectivity index (χ4n) is 4.03. The maximum Gasteiger partial charge on any atom is 0.321 e. The molecule has 3 atom stereocenters. The van der Waals surface area contributed by atoms with Crippen molar-refractivity contribution in [3.8, 4) is 11.8 Å². The highest BCUT2D eigenvalue weighted by Crippen LogP contribution is 2.44. The summed E-state index contributed by atoms with van der Waals surface area (Å²) >= 11 is 0. The van der Waals surface area contributed by atoms with Crippen molar-refractivity contribution in [3.05, 3.63) is 42.2 Å². The number of ether oxygens (including phenoxy) is 1. The van der Waals surface area contributed by atoms with Gasteiger partial charge in [0.15, 0.2) is 0 Å². The minimum absolute atomic E-state index is 0.124. The van der Waals surface area contributed by atoms with Gasteiger partial charge in [0, 0.05) is 24.1 Å². The molecule has 4 rings (SSSR count). The van der Waals surface area contributed by atoms with Gasteiger partial charge in [-0.2, -0.15) is 0 Å². The molecule has 0 radical (unpaired) electrons. The summed E-state index contributed by atoms with van der Waals surface area (Å²) in [5.74, 6) is 2.12. The van der Waals surface area contributed by atoms with Gasteiger partial charge in [-0.05, 0) is 67.9 Å². The zero-order chi connectivity index (χ0) is 17.2.